The monoisotopic (exact) mass is 507 g/mol. The number of halogens is 2. The Morgan fingerprint density at radius 3 is 2.55 bits per heavy atom. The Balaban J connectivity index is 1.57. The number of sulfonamides is 1. The van der Waals surface area contributed by atoms with Gasteiger partial charge in [-0.2, -0.15) is 0 Å². The molecule has 2 aromatic carbocycles. The molecule has 2 heterocycles. The van der Waals surface area contributed by atoms with E-state index in [1.165, 1.54) is 30.6 Å². The summed E-state index contributed by atoms with van der Waals surface area (Å²) in [6.07, 6.45) is 1.21. The minimum atomic E-state index is -4.13. The third kappa shape index (κ3) is 4.67. The number of urea groups is 1. The Morgan fingerprint density at radius 1 is 1.12 bits per heavy atom. The van der Waals surface area contributed by atoms with Crippen LogP contribution < -0.4 is 20.9 Å². The second kappa shape index (κ2) is 8.81. The van der Waals surface area contributed by atoms with Crippen LogP contribution in [0.5, 0.6) is 0 Å². The Kier molecular flexibility index (Phi) is 6.06. The lowest BCUT2D eigenvalue weighted by Crippen LogP contribution is -2.34. The van der Waals surface area contributed by atoms with Crippen LogP contribution in [0.1, 0.15) is 0 Å². The summed E-state index contributed by atoms with van der Waals surface area (Å²) in [4.78, 5) is 29.1. The number of thiophene rings is 1. The number of nitrogens with zero attached hydrogens (tertiary/aromatic N) is 2. The van der Waals surface area contributed by atoms with Crippen molar-refractivity contribution < 1.29 is 17.6 Å². The topological polar surface area (TPSA) is 122 Å². The number of hydrogen-bond acceptors (Lipinski definition) is 7. The maximum atomic E-state index is 14.8. The van der Waals surface area contributed by atoms with Gasteiger partial charge in [-0.1, -0.05) is 11.6 Å². The molecule has 0 saturated heterocycles. The lowest BCUT2D eigenvalue weighted by molar-refractivity contribution is 0.256. The summed E-state index contributed by atoms with van der Waals surface area (Å²) in [6, 6.07) is 10.1. The fourth-order valence-electron chi connectivity index (χ4n) is 3.00. The minimum absolute atomic E-state index is 0.0198. The molecular weight excluding hydrogens is 493 g/mol. The number of carbonyl (C=O) groups excluding carboxylic acids is 1. The number of rotatable bonds is 5. The SMILES string of the molecule is CNc1ccc2c(=O)n(-c3ccc(NC(=O)NS(=O)(=O)c4ccc(Cl)s4)cc3F)cnc2c1. The molecule has 33 heavy (non-hydrogen) atoms. The van der Waals surface area contributed by atoms with Crippen molar-refractivity contribution in [2.75, 3.05) is 17.7 Å². The van der Waals surface area contributed by atoms with Gasteiger partial charge in [0.1, 0.15) is 16.4 Å². The van der Waals surface area contributed by atoms with Crippen molar-refractivity contribution >= 4 is 61.3 Å². The molecule has 0 unspecified atom stereocenters. The summed E-state index contributed by atoms with van der Waals surface area (Å²) in [5.74, 6) is -0.823. The third-order valence-corrected chi connectivity index (χ3v) is 7.61. The van der Waals surface area contributed by atoms with E-state index < -0.39 is 27.4 Å². The van der Waals surface area contributed by atoms with Gasteiger partial charge in [-0.3, -0.25) is 9.36 Å². The molecule has 0 saturated carbocycles. The van der Waals surface area contributed by atoms with Crippen LogP contribution in [0, 0.1) is 5.82 Å². The first-order valence-corrected chi connectivity index (χ1v) is 11.9. The molecule has 170 valence electrons. The van der Waals surface area contributed by atoms with Gasteiger partial charge in [0, 0.05) is 18.4 Å². The summed E-state index contributed by atoms with van der Waals surface area (Å²) >= 11 is 6.51. The van der Waals surface area contributed by atoms with Gasteiger partial charge in [0.2, 0.25) is 0 Å². The normalized spacial score (nSPS) is 11.4. The molecule has 0 radical (unpaired) electrons. The first-order valence-electron chi connectivity index (χ1n) is 9.26. The average molecular weight is 508 g/mol. The number of nitrogens with one attached hydrogen (secondary N) is 3. The van der Waals surface area contributed by atoms with Crippen LogP contribution in [-0.4, -0.2) is 31.0 Å². The van der Waals surface area contributed by atoms with Crippen molar-refractivity contribution in [3.05, 3.63) is 75.4 Å². The van der Waals surface area contributed by atoms with E-state index >= 15 is 0 Å². The fraction of sp³-hybridized carbons (Fsp3) is 0.0500. The van der Waals surface area contributed by atoms with Gasteiger partial charge in [0.25, 0.3) is 15.6 Å². The number of anilines is 2. The van der Waals surface area contributed by atoms with Crippen LogP contribution in [0.4, 0.5) is 20.6 Å². The lowest BCUT2D eigenvalue weighted by Gasteiger charge is -2.11. The Bertz CT molecular complexity index is 1550. The number of aromatic nitrogens is 2. The zero-order valence-corrected chi connectivity index (χ0v) is 19.2. The molecule has 0 fully saturated rings. The van der Waals surface area contributed by atoms with Crippen molar-refractivity contribution in [3.63, 3.8) is 0 Å². The molecule has 0 aliphatic heterocycles. The van der Waals surface area contributed by atoms with Crippen LogP contribution in [0.25, 0.3) is 16.6 Å². The van der Waals surface area contributed by atoms with Gasteiger partial charge in [-0.05, 0) is 48.5 Å². The second-order valence-electron chi connectivity index (χ2n) is 6.69. The Morgan fingerprint density at radius 2 is 1.88 bits per heavy atom. The smallest absolute Gasteiger partial charge is 0.333 e. The largest absolute Gasteiger partial charge is 0.388 e. The highest BCUT2D eigenvalue weighted by Crippen LogP contribution is 2.25. The Hall–Kier alpha value is -3.48. The van der Waals surface area contributed by atoms with Crippen molar-refractivity contribution in [2.45, 2.75) is 4.21 Å². The molecule has 4 aromatic rings. The average Bonchev–Trinajstić information content (AvgIpc) is 3.21. The highest BCUT2D eigenvalue weighted by molar-refractivity contribution is 7.92. The molecule has 3 N–H and O–H groups in total. The standard InChI is InChI=1S/C20H15ClFN5O4S2/c1-23-11-2-4-13-15(9-11)24-10-27(19(13)28)16-5-3-12(8-14(16)22)25-20(29)26-33(30,31)18-7-6-17(21)32-18/h2-10,23H,1H3,(H2,25,26,29). The van der Waals surface area contributed by atoms with E-state index in [2.05, 4.69) is 15.6 Å². The zero-order chi connectivity index (χ0) is 23.8. The fourth-order valence-corrected chi connectivity index (χ4v) is 5.39. The van der Waals surface area contributed by atoms with Crippen molar-refractivity contribution in [3.8, 4) is 5.69 Å². The quantitative estimate of drug-likeness (QED) is 0.378. The van der Waals surface area contributed by atoms with Gasteiger partial charge in [-0.15, -0.1) is 11.3 Å². The number of amides is 2. The molecular formula is C20H15ClFN5O4S2. The summed E-state index contributed by atoms with van der Waals surface area (Å²) < 4.78 is 42.1. The molecule has 2 aromatic heterocycles. The molecule has 0 bridgehead atoms. The summed E-state index contributed by atoms with van der Waals surface area (Å²) in [7, 11) is -2.39. The van der Waals surface area contributed by atoms with E-state index in [0.717, 1.165) is 27.7 Å². The number of benzene rings is 2. The highest BCUT2D eigenvalue weighted by Gasteiger charge is 2.20. The second-order valence-corrected chi connectivity index (χ2v) is 10.3. The first kappa shape index (κ1) is 22.7. The van der Waals surface area contributed by atoms with Gasteiger partial charge < -0.3 is 10.6 Å². The molecule has 13 heteroatoms. The molecule has 2 amide bonds. The van der Waals surface area contributed by atoms with Crippen LogP contribution in [0.2, 0.25) is 4.34 Å². The highest BCUT2D eigenvalue weighted by atomic mass is 35.5. The minimum Gasteiger partial charge on any atom is -0.388 e. The zero-order valence-electron chi connectivity index (χ0n) is 16.8. The van der Waals surface area contributed by atoms with Gasteiger partial charge in [-0.25, -0.2) is 27.3 Å². The number of hydrogen-bond donors (Lipinski definition) is 3. The summed E-state index contributed by atoms with van der Waals surface area (Å²) in [6.45, 7) is 0. The van der Waals surface area contributed by atoms with E-state index in [4.69, 9.17) is 11.6 Å². The Labute approximate surface area is 195 Å². The predicted octanol–water partition coefficient (Wildman–Crippen LogP) is 3.79. The summed E-state index contributed by atoms with van der Waals surface area (Å²) in [5.41, 5.74) is 0.649. The van der Waals surface area contributed by atoms with Crippen molar-refractivity contribution in [1.82, 2.24) is 14.3 Å². The van der Waals surface area contributed by atoms with Crippen molar-refractivity contribution in [2.24, 2.45) is 0 Å². The molecule has 0 aliphatic rings. The maximum absolute atomic E-state index is 14.8. The van der Waals surface area contributed by atoms with Gasteiger partial charge in [0.05, 0.1) is 20.9 Å². The number of carbonyl (C=O) groups is 1. The van der Waals surface area contributed by atoms with E-state index in [1.807, 2.05) is 4.72 Å². The van der Waals surface area contributed by atoms with E-state index in [9.17, 15) is 22.4 Å². The molecule has 0 atom stereocenters. The first-order chi connectivity index (χ1) is 15.7. The predicted molar refractivity (Wildman–Crippen MR) is 126 cm³/mol. The van der Waals surface area contributed by atoms with Crippen LogP contribution >= 0.6 is 22.9 Å². The van der Waals surface area contributed by atoms with Crippen LogP contribution in [-0.2, 0) is 10.0 Å². The van der Waals surface area contributed by atoms with Crippen molar-refractivity contribution in [1.29, 1.82) is 0 Å². The van der Waals surface area contributed by atoms with Gasteiger partial charge in [0.15, 0.2) is 0 Å². The molecule has 4 rings (SSSR count). The van der Waals surface area contributed by atoms with E-state index in [1.54, 1.807) is 25.2 Å². The van der Waals surface area contributed by atoms with Crippen LogP contribution in [0.15, 0.2) is 63.9 Å². The van der Waals surface area contributed by atoms with E-state index in [0.29, 0.717) is 10.9 Å². The van der Waals surface area contributed by atoms with Crippen LogP contribution in [0.3, 0.4) is 0 Å². The number of fused-ring (bicyclic) bond motifs is 1. The molecule has 0 spiro atoms. The molecule has 9 nitrogen and oxygen atoms in total. The summed E-state index contributed by atoms with van der Waals surface area (Å²) in [5, 5.41) is 5.49. The van der Waals surface area contributed by atoms with Gasteiger partial charge >= 0.3 is 6.03 Å². The maximum Gasteiger partial charge on any atom is 0.333 e. The van der Waals surface area contributed by atoms with E-state index in [-0.39, 0.29) is 19.9 Å². The third-order valence-electron chi connectivity index (χ3n) is 4.55. The molecule has 0 aliphatic carbocycles. The lowest BCUT2D eigenvalue weighted by atomic mass is 10.2.